The summed E-state index contributed by atoms with van der Waals surface area (Å²) in [6.07, 6.45) is 0.618. The number of halogens is 1. The molecule has 1 aromatic carbocycles. The second-order valence-electron chi connectivity index (χ2n) is 4.59. The van der Waals surface area contributed by atoms with Gasteiger partial charge in [0.2, 0.25) is 10.0 Å². The van der Waals surface area contributed by atoms with E-state index in [-0.39, 0.29) is 27.4 Å². The monoisotopic (exact) mass is 348 g/mol. The van der Waals surface area contributed by atoms with Crippen molar-refractivity contribution < 1.29 is 22.7 Å². The van der Waals surface area contributed by atoms with Crippen molar-refractivity contribution in [3.05, 3.63) is 27.7 Å². The lowest BCUT2D eigenvalue weighted by Crippen LogP contribution is -2.40. The predicted octanol–water partition coefficient (Wildman–Crippen LogP) is 1.31. The molecule has 1 aromatic heterocycles. The number of carbonyl (C=O) groups is 1. The van der Waals surface area contributed by atoms with Crippen molar-refractivity contribution in [1.82, 2.24) is 9.71 Å². The molecule has 0 fully saturated rings. The van der Waals surface area contributed by atoms with Gasteiger partial charge in [0.25, 0.3) is 0 Å². The first kappa shape index (κ1) is 16.5. The Morgan fingerprint density at radius 1 is 1.50 bits per heavy atom. The maximum absolute atomic E-state index is 12.3. The average molecular weight is 349 g/mol. The number of aromatic nitrogens is 1. The zero-order valence-electron chi connectivity index (χ0n) is 11.4. The number of benzene rings is 1. The summed E-state index contributed by atoms with van der Waals surface area (Å²) in [6, 6.07) is 1.04. The van der Waals surface area contributed by atoms with Crippen molar-refractivity contribution in [1.29, 1.82) is 0 Å². The molecule has 8 nitrogen and oxygen atoms in total. The van der Waals surface area contributed by atoms with E-state index in [0.717, 1.165) is 6.07 Å². The number of carboxylic acids is 1. The molecule has 0 saturated carbocycles. The number of hydrogen-bond donors (Lipinski definition) is 3. The van der Waals surface area contributed by atoms with Crippen molar-refractivity contribution >= 4 is 38.7 Å². The SMILES string of the molecule is CCCC(NS(=O)(=O)c1cc2oc(=O)[nH]c2cc1Cl)C(=O)O. The van der Waals surface area contributed by atoms with Crippen LogP contribution in [0.4, 0.5) is 0 Å². The van der Waals surface area contributed by atoms with Crippen molar-refractivity contribution in [2.45, 2.75) is 30.7 Å². The molecule has 120 valence electrons. The molecule has 0 radical (unpaired) electrons. The molecule has 3 N–H and O–H groups in total. The third kappa shape index (κ3) is 3.32. The molecule has 2 aromatic rings. The molecule has 2 rings (SSSR count). The minimum atomic E-state index is -4.18. The number of hydrogen-bond acceptors (Lipinski definition) is 5. The highest BCUT2D eigenvalue weighted by Crippen LogP contribution is 2.26. The van der Waals surface area contributed by atoms with Gasteiger partial charge in [-0.05, 0) is 12.5 Å². The summed E-state index contributed by atoms with van der Waals surface area (Å²) in [5.74, 6) is -2.03. The third-order valence-electron chi connectivity index (χ3n) is 2.94. The Morgan fingerprint density at radius 2 is 2.18 bits per heavy atom. The van der Waals surface area contributed by atoms with E-state index < -0.39 is 27.8 Å². The molecule has 0 aliphatic rings. The van der Waals surface area contributed by atoms with Crippen LogP contribution in [-0.2, 0) is 14.8 Å². The highest BCUT2D eigenvalue weighted by Gasteiger charge is 2.27. The van der Waals surface area contributed by atoms with E-state index in [1.54, 1.807) is 6.92 Å². The van der Waals surface area contributed by atoms with E-state index in [4.69, 9.17) is 21.1 Å². The number of carboxylic acid groups (broad SMARTS) is 1. The van der Waals surface area contributed by atoms with Gasteiger partial charge in [0.15, 0.2) is 5.58 Å². The molecule has 0 spiro atoms. The van der Waals surface area contributed by atoms with E-state index >= 15 is 0 Å². The van der Waals surface area contributed by atoms with Gasteiger partial charge in [0.05, 0.1) is 10.5 Å². The molecule has 1 heterocycles. The van der Waals surface area contributed by atoms with Gasteiger partial charge in [-0.15, -0.1) is 0 Å². The number of oxazole rings is 1. The Kier molecular flexibility index (Phi) is 4.59. The third-order valence-corrected chi connectivity index (χ3v) is 4.87. The lowest BCUT2D eigenvalue weighted by molar-refractivity contribution is -0.139. The molecule has 0 bridgehead atoms. The second kappa shape index (κ2) is 6.11. The predicted molar refractivity (Wildman–Crippen MR) is 78.5 cm³/mol. The van der Waals surface area contributed by atoms with Crippen LogP contribution in [0.3, 0.4) is 0 Å². The number of sulfonamides is 1. The van der Waals surface area contributed by atoms with Crippen molar-refractivity contribution in [2.24, 2.45) is 0 Å². The normalized spacial score (nSPS) is 13.4. The topological polar surface area (TPSA) is 129 Å². The lowest BCUT2D eigenvalue weighted by Gasteiger charge is -2.14. The summed E-state index contributed by atoms with van der Waals surface area (Å²) >= 11 is 5.91. The number of aromatic amines is 1. The molecular weight excluding hydrogens is 336 g/mol. The number of H-pyrrole nitrogens is 1. The summed E-state index contributed by atoms with van der Waals surface area (Å²) < 4.78 is 31.5. The van der Waals surface area contributed by atoms with Gasteiger partial charge >= 0.3 is 11.7 Å². The molecule has 0 saturated heterocycles. The van der Waals surface area contributed by atoms with E-state index in [0.29, 0.717) is 6.42 Å². The van der Waals surface area contributed by atoms with Gasteiger partial charge in [0.1, 0.15) is 10.9 Å². The van der Waals surface area contributed by atoms with Crippen LogP contribution in [0.2, 0.25) is 5.02 Å². The number of nitrogens with one attached hydrogen (secondary N) is 2. The zero-order chi connectivity index (χ0) is 16.5. The van der Waals surface area contributed by atoms with Crippen molar-refractivity contribution in [3.63, 3.8) is 0 Å². The minimum Gasteiger partial charge on any atom is -0.480 e. The largest absolute Gasteiger partial charge is 0.480 e. The Balaban J connectivity index is 2.46. The molecule has 1 unspecified atom stereocenters. The fraction of sp³-hybridized carbons (Fsp3) is 0.333. The molecule has 0 amide bonds. The van der Waals surface area contributed by atoms with Crippen molar-refractivity contribution in [2.75, 3.05) is 0 Å². The molecule has 1 atom stereocenters. The smallest absolute Gasteiger partial charge is 0.417 e. The van der Waals surface area contributed by atoms with Crippen LogP contribution in [-0.4, -0.2) is 30.5 Å². The van der Waals surface area contributed by atoms with Crippen LogP contribution in [0.5, 0.6) is 0 Å². The van der Waals surface area contributed by atoms with Gasteiger partial charge < -0.3 is 9.52 Å². The average Bonchev–Trinajstić information content (AvgIpc) is 2.76. The molecule has 0 aliphatic carbocycles. The van der Waals surface area contributed by atoms with Crippen LogP contribution in [0, 0.1) is 0 Å². The van der Waals surface area contributed by atoms with Gasteiger partial charge in [0, 0.05) is 6.07 Å². The van der Waals surface area contributed by atoms with Crippen molar-refractivity contribution in [3.8, 4) is 0 Å². The maximum atomic E-state index is 12.3. The summed E-state index contributed by atoms with van der Waals surface area (Å²) in [4.78, 5) is 24.2. The first-order chi connectivity index (χ1) is 10.2. The minimum absolute atomic E-state index is 0.0112. The summed E-state index contributed by atoms with van der Waals surface area (Å²) in [5, 5.41) is 8.88. The quantitative estimate of drug-likeness (QED) is 0.721. The highest BCUT2D eigenvalue weighted by molar-refractivity contribution is 7.89. The number of aliphatic carboxylic acids is 1. The summed E-state index contributed by atoms with van der Waals surface area (Å²) in [7, 11) is -4.18. The Morgan fingerprint density at radius 3 is 2.77 bits per heavy atom. The first-order valence-electron chi connectivity index (χ1n) is 6.32. The molecule has 22 heavy (non-hydrogen) atoms. The highest BCUT2D eigenvalue weighted by atomic mass is 35.5. The summed E-state index contributed by atoms with van der Waals surface area (Å²) in [5.41, 5.74) is 0.259. The second-order valence-corrected chi connectivity index (χ2v) is 6.68. The van der Waals surface area contributed by atoms with Crippen LogP contribution in [0.15, 0.2) is 26.2 Å². The maximum Gasteiger partial charge on any atom is 0.417 e. The molecular formula is C12H13ClN2O6S. The lowest BCUT2D eigenvalue weighted by atomic mass is 10.2. The van der Waals surface area contributed by atoms with Crippen LogP contribution < -0.4 is 10.5 Å². The van der Waals surface area contributed by atoms with Gasteiger partial charge in [-0.1, -0.05) is 24.9 Å². The van der Waals surface area contributed by atoms with Crippen LogP contribution in [0.1, 0.15) is 19.8 Å². The molecule has 0 aliphatic heterocycles. The Labute approximate surface area is 130 Å². The zero-order valence-corrected chi connectivity index (χ0v) is 13.0. The van der Waals surface area contributed by atoms with E-state index in [1.807, 2.05) is 0 Å². The molecule has 10 heteroatoms. The van der Waals surface area contributed by atoms with Crippen LogP contribution >= 0.6 is 11.6 Å². The standard InChI is InChI=1S/C12H13ClN2O6S/c1-2-3-7(11(16)17)15-22(19,20)10-5-9-8(4-6(10)13)14-12(18)21-9/h4-5,7,15H,2-3H2,1H3,(H,14,18)(H,16,17). The fourth-order valence-corrected chi connectivity index (χ4v) is 3.70. The first-order valence-corrected chi connectivity index (χ1v) is 8.18. The van der Waals surface area contributed by atoms with Gasteiger partial charge in [-0.25, -0.2) is 13.2 Å². The van der Waals surface area contributed by atoms with Crippen LogP contribution in [0.25, 0.3) is 11.1 Å². The Bertz CT molecular complexity index is 869. The summed E-state index contributed by atoms with van der Waals surface area (Å²) in [6.45, 7) is 1.73. The van der Waals surface area contributed by atoms with Gasteiger partial charge in [-0.3, -0.25) is 9.78 Å². The number of fused-ring (bicyclic) bond motifs is 1. The Hall–Kier alpha value is -1.84. The van der Waals surface area contributed by atoms with Gasteiger partial charge in [-0.2, -0.15) is 4.72 Å². The van der Waals surface area contributed by atoms with E-state index in [1.165, 1.54) is 6.07 Å². The fourth-order valence-electron chi connectivity index (χ4n) is 1.93. The van der Waals surface area contributed by atoms with E-state index in [2.05, 4.69) is 9.71 Å². The number of rotatable bonds is 6. The van der Waals surface area contributed by atoms with E-state index in [9.17, 15) is 18.0 Å².